The van der Waals surface area contributed by atoms with Gasteiger partial charge in [-0.1, -0.05) is 69.7 Å². The molecule has 0 saturated carbocycles. The molecule has 0 amide bonds. The van der Waals surface area contributed by atoms with E-state index in [1.807, 2.05) is 12.1 Å². The lowest BCUT2D eigenvalue weighted by Gasteiger charge is -2.02. The van der Waals surface area contributed by atoms with Gasteiger partial charge < -0.3 is 5.11 Å². The van der Waals surface area contributed by atoms with Crippen molar-refractivity contribution >= 4 is 0 Å². The van der Waals surface area contributed by atoms with Crippen molar-refractivity contribution < 1.29 is 5.11 Å². The van der Waals surface area contributed by atoms with Gasteiger partial charge in [-0.25, -0.2) is 0 Å². The van der Waals surface area contributed by atoms with Gasteiger partial charge in [0.1, 0.15) is 5.75 Å². The van der Waals surface area contributed by atoms with E-state index in [-0.39, 0.29) is 0 Å². The molecule has 0 aliphatic rings. The first-order valence-corrected chi connectivity index (χ1v) is 9.26. The Hall–Kier alpha value is -1.24. The van der Waals surface area contributed by atoms with Gasteiger partial charge in [0.2, 0.25) is 0 Å². The highest BCUT2D eigenvalue weighted by atomic mass is 16.3. The van der Waals surface area contributed by atoms with Crippen LogP contribution in [-0.2, 0) is 6.42 Å². The van der Waals surface area contributed by atoms with Crippen molar-refractivity contribution in [3.8, 4) is 5.75 Å². The van der Waals surface area contributed by atoms with Crippen LogP contribution in [0.2, 0.25) is 0 Å². The minimum atomic E-state index is 0.386. The van der Waals surface area contributed by atoms with Crippen LogP contribution < -0.4 is 0 Å². The lowest BCUT2D eigenvalue weighted by Crippen LogP contribution is -1.85. The number of unbranched alkanes of at least 4 members (excludes halogenated alkanes) is 9. The Balaban J connectivity index is 1.87. The lowest BCUT2D eigenvalue weighted by atomic mass is 10.0. The Morgan fingerprint density at radius 1 is 0.818 bits per heavy atom. The monoisotopic (exact) mass is 302 g/mol. The maximum absolute atomic E-state index is 9.41. The molecule has 0 aromatic heterocycles. The Kier molecular flexibility index (Phi) is 11.5. The van der Waals surface area contributed by atoms with E-state index in [1.165, 1.54) is 76.2 Å². The van der Waals surface area contributed by atoms with Gasteiger partial charge in [-0.2, -0.15) is 0 Å². The van der Waals surface area contributed by atoms with Crippen LogP contribution >= 0.6 is 0 Å². The van der Waals surface area contributed by atoms with Gasteiger partial charge in [0.15, 0.2) is 0 Å². The van der Waals surface area contributed by atoms with Crippen LogP contribution in [0.4, 0.5) is 0 Å². The zero-order valence-electron chi connectivity index (χ0n) is 14.4. The molecule has 0 bridgehead atoms. The summed E-state index contributed by atoms with van der Waals surface area (Å²) in [5.74, 6) is 0.386. The highest BCUT2D eigenvalue weighted by molar-refractivity contribution is 5.27. The number of rotatable bonds is 13. The Morgan fingerprint density at radius 3 is 2.09 bits per heavy atom. The van der Waals surface area contributed by atoms with Crippen LogP contribution in [0.1, 0.15) is 83.1 Å². The van der Waals surface area contributed by atoms with Gasteiger partial charge >= 0.3 is 0 Å². The zero-order valence-corrected chi connectivity index (χ0v) is 14.4. The fourth-order valence-corrected chi connectivity index (χ4v) is 2.76. The average Bonchev–Trinajstić information content (AvgIpc) is 2.52. The molecule has 0 saturated heterocycles. The largest absolute Gasteiger partial charge is 0.508 e. The van der Waals surface area contributed by atoms with E-state index in [0.717, 1.165) is 6.42 Å². The van der Waals surface area contributed by atoms with Crippen LogP contribution in [-0.4, -0.2) is 5.11 Å². The molecular formula is C21H34O. The average molecular weight is 303 g/mol. The summed E-state index contributed by atoms with van der Waals surface area (Å²) in [5, 5.41) is 9.41. The van der Waals surface area contributed by atoms with E-state index in [2.05, 4.69) is 25.1 Å². The third kappa shape index (κ3) is 10.5. The van der Waals surface area contributed by atoms with Gasteiger partial charge in [0.05, 0.1) is 0 Å². The van der Waals surface area contributed by atoms with Crippen molar-refractivity contribution in [1.29, 1.82) is 0 Å². The molecule has 1 aromatic rings. The van der Waals surface area contributed by atoms with Crippen molar-refractivity contribution in [2.24, 2.45) is 0 Å². The third-order valence-electron chi connectivity index (χ3n) is 4.14. The second-order valence-corrected chi connectivity index (χ2v) is 6.30. The smallest absolute Gasteiger partial charge is 0.115 e. The molecule has 0 fully saturated rings. The molecule has 1 rings (SSSR count). The lowest BCUT2D eigenvalue weighted by molar-refractivity contribution is 0.474. The Labute approximate surface area is 137 Å². The van der Waals surface area contributed by atoms with Crippen LogP contribution in [0.5, 0.6) is 5.75 Å². The minimum absolute atomic E-state index is 0.386. The second kappa shape index (κ2) is 13.4. The first-order valence-electron chi connectivity index (χ1n) is 9.26. The highest BCUT2D eigenvalue weighted by Gasteiger charge is 1.95. The van der Waals surface area contributed by atoms with E-state index in [4.69, 9.17) is 0 Å². The van der Waals surface area contributed by atoms with E-state index in [0.29, 0.717) is 5.75 Å². The number of phenols is 1. The van der Waals surface area contributed by atoms with Crippen LogP contribution in [0.15, 0.2) is 36.4 Å². The topological polar surface area (TPSA) is 20.2 Å². The first kappa shape index (κ1) is 18.8. The molecule has 0 radical (unpaired) electrons. The summed E-state index contributed by atoms with van der Waals surface area (Å²) in [6.07, 6.45) is 20.4. The van der Waals surface area contributed by atoms with Gasteiger partial charge in [-0.15, -0.1) is 0 Å². The van der Waals surface area contributed by atoms with Crippen molar-refractivity contribution in [3.63, 3.8) is 0 Å². The molecule has 22 heavy (non-hydrogen) atoms. The quantitative estimate of drug-likeness (QED) is 0.314. The van der Waals surface area contributed by atoms with Crippen molar-refractivity contribution in [3.05, 3.63) is 42.0 Å². The molecule has 124 valence electrons. The Morgan fingerprint density at radius 2 is 1.45 bits per heavy atom. The van der Waals surface area contributed by atoms with Gasteiger partial charge in [0.25, 0.3) is 0 Å². The van der Waals surface area contributed by atoms with E-state index >= 15 is 0 Å². The predicted octanol–water partition coefficient (Wildman–Crippen LogP) is 6.80. The van der Waals surface area contributed by atoms with Crippen LogP contribution in [0, 0.1) is 0 Å². The fraction of sp³-hybridized carbons (Fsp3) is 0.619. The molecule has 0 unspecified atom stereocenters. The van der Waals surface area contributed by atoms with Crippen LogP contribution in [0.25, 0.3) is 0 Å². The van der Waals surface area contributed by atoms with Crippen molar-refractivity contribution in [2.45, 2.75) is 84.0 Å². The second-order valence-electron chi connectivity index (χ2n) is 6.30. The first-order chi connectivity index (χ1) is 10.8. The number of phenolic OH excluding ortho intramolecular Hbond substituents is 1. The van der Waals surface area contributed by atoms with Crippen molar-refractivity contribution in [1.82, 2.24) is 0 Å². The summed E-state index contributed by atoms with van der Waals surface area (Å²) in [4.78, 5) is 0. The maximum Gasteiger partial charge on any atom is 0.115 e. The number of aryl methyl sites for hydroxylation is 1. The summed E-state index contributed by atoms with van der Waals surface area (Å²) in [7, 11) is 0. The number of benzene rings is 1. The van der Waals surface area contributed by atoms with Gasteiger partial charge in [-0.3, -0.25) is 0 Å². The summed E-state index contributed by atoms with van der Waals surface area (Å²) in [6.45, 7) is 2.27. The predicted molar refractivity (Wildman–Crippen MR) is 97.4 cm³/mol. The third-order valence-corrected chi connectivity index (χ3v) is 4.14. The maximum atomic E-state index is 9.41. The highest BCUT2D eigenvalue weighted by Crippen LogP contribution is 2.14. The molecule has 1 N–H and O–H groups in total. The van der Waals surface area contributed by atoms with Gasteiger partial charge in [-0.05, 0) is 56.2 Å². The molecule has 1 nitrogen and oxygen atoms in total. The van der Waals surface area contributed by atoms with E-state index in [9.17, 15) is 5.11 Å². The molecule has 0 aliphatic carbocycles. The normalized spacial score (nSPS) is 11.3. The molecule has 0 atom stereocenters. The molecule has 0 spiro atoms. The summed E-state index contributed by atoms with van der Waals surface area (Å²) >= 11 is 0. The number of aromatic hydroxyl groups is 1. The zero-order chi connectivity index (χ0) is 15.9. The summed E-state index contributed by atoms with van der Waals surface area (Å²) in [5.41, 5.74) is 1.25. The standard InChI is InChI=1S/C21H34O/c1-2-3-4-5-6-7-8-9-10-11-12-13-14-16-20-17-15-18-21(22)19-20/h8-9,15,17-19,22H,2-7,10-14,16H2,1H3/b9-8-. The SMILES string of the molecule is CCCCCCC/C=C\CCCCCCc1cccc(O)c1. The number of allylic oxidation sites excluding steroid dienone is 2. The molecular weight excluding hydrogens is 268 g/mol. The van der Waals surface area contributed by atoms with E-state index in [1.54, 1.807) is 6.07 Å². The Bertz CT molecular complexity index is 395. The molecule has 1 heteroatoms. The molecule has 1 aromatic carbocycles. The molecule has 0 aliphatic heterocycles. The summed E-state index contributed by atoms with van der Waals surface area (Å²) < 4.78 is 0. The summed E-state index contributed by atoms with van der Waals surface area (Å²) in [6, 6.07) is 7.64. The number of hydrogen-bond acceptors (Lipinski definition) is 1. The van der Waals surface area contributed by atoms with Crippen LogP contribution in [0.3, 0.4) is 0 Å². The number of hydrogen-bond donors (Lipinski definition) is 1. The van der Waals surface area contributed by atoms with E-state index < -0.39 is 0 Å². The van der Waals surface area contributed by atoms with Crippen molar-refractivity contribution in [2.75, 3.05) is 0 Å². The minimum Gasteiger partial charge on any atom is -0.508 e. The molecule has 0 heterocycles. The fourth-order valence-electron chi connectivity index (χ4n) is 2.76. The van der Waals surface area contributed by atoms with Gasteiger partial charge in [0, 0.05) is 0 Å².